The smallest absolute Gasteiger partial charge is 0.122 e. The standard InChI is InChI=1S/C17H22N2O/c1-4-13-9-7-11-19-17(13)15(18-2)12-14-8-5-6-10-16(14)20-3/h5-11,15,18H,4,12H2,1-3H3. The summed E-state index contributed by atoms with van der Waals surface area (Å²) in [6.07, 6.45) is 3.72. The summed E-state index contributed by atoms with van der Waals surface area (Å²) in [6.45, 7) is 2.16. The second kappa shape index (κ2) is 7.06. The van der Waals surface area contributed by atoms with Crippen LogP contribution >= 0.6 is 0 Å². The first-order chi connectivity index (χ1) is 9.80. The summed E-state index contributed by atoms with van der Waals surface area (Å²) in [5.74, 6) is 0.932. The number of aromatic nitrogens is 1. The molecule has 0 radical (unpaired) electrons. The average Bonchev–Trinajstić information content (AvgIpc) is 2.53. The first kappa shape index (κ1) is 14.5. The lowest BCUT2D eigenvalue weighted by Crippen LogP contribution is -2.21. The Morgan fingerprint density at radius 1 is 1.15 bits per heavy atom. The van der Waals surface area contributed by atoms with Gasteiger partial charge in [0, 0.05) is 6.20 Å². The van der Waals surface area contributed by atoms with Gasteiger partial charge in [0.25, 0.3) is 0 Å². The van der Waals surface area contributed by atoms with Crippen molar-refractivity contribution in [1.29, 1.82) is 0 Å². The molecule has 0 amide bonds. The number of nitrogens with one attached hydrogen (secondary N) is 1. The zero-order valence-corrected chi connectivity index (χ0v) is 12.4. The van der Waals surface area contributed by atoms with Crippen LogP contribution in [0, 0.1) is 0 Å². The van der Waals surface area contributed by atoms with Crippen molar-refractivity contribution in [2.75, 3.05) is 14.2 Å². The van der Waals surface area contributed by atoms with Gasteiger partial charge in [-0.25, -0.2) is 0 Å². The molecule has 3 nitrogen and oxygen atoms in total. The van der Waals surface area contributed by atoms with E-state index in [2.05, 4.69) is 29.4 Å². The molecular formula is C17H22N2O. The molecule has 1 heterocycles. The van der Waals surface area contributed by atoms with Crippen molar-refractivity contribution in [2.24, 2.45) is 0 Å². The average molecular weight is 270 g/mol. The van der Waals surface area contributed by atoms with Crippen LogP contribution in [-0.4, -0.2) is 19.1 Å². The Bertz CT molecular complexity index is 554. The lowest BCUT2D eigenvalue weighted by Gasteiger charge is -2.19. The summed E-state index contributed by atoms with van der Waals surface area (Å²) >= 11 is 0. The van der Waals surface area contributed by atoms with Gasteiger partial charge in [-0.05, 0) is 43.1 Å². The van der Waals surface area contributed by atoms with Crippen molar-refractivity contribution in [1.82, 2.24) is 10.3 Å². The maximum absolute atomic E-state index is 5.43. The summed E-state index contributed by atoms with van der Waals surface area (Å²) in [6, 6.07) is 12.5. The third-order valence-corrected chi connectivity index (χ3v) is 3.60. The van der Waals surface area contributed by atoms with Gasteiger partial charge in [0.05, 0.1) is 18.8 Å². The Labute approximate surface area is 121 Å². The van der Waals surface area contributed by atoms with Crippen molar-refractivity contribution in [3.05, 3.63) is 59.4 Å². The normalized spacial score (nSPS) is 12.2. The Morgan fingerprint density at radius 3 is 2.60 bits per heavy atom. The molecule has 0 aliphatic rings. The zero-order chi connectivity index (χ0) is 14.4. The second-order valence-electron chi connectivity index (χ2n) is 4.76. The maximum Gasteiger partial charge on any atom is 0.122 e. The monoisotopic (exact) mass is 270 g/mol. The van der Waals surface area contributed by atoms with Crippen LogP contribution in [0.2, 0.25) is 0 Å². The minimum atomic E-state index is 0.197. The predicted octanol–water partition coefficient (Wildman–Crippen LogP) is 3.16. The number of benzene rings is 1. The quantitative estimate of drug-likeness (QED) is 0.875. The van der Waals surface area contributed by atoms with E-state index in [9.17, 15) is 0 Å². The first-order valence-electron chi connectivity index (χ1n) is 7.03. The molecule has 106 valence electrons. The van der Waals surface area contributed by atoms with Crippen LogP contribution < -0.4 is 10.1 Å². The summed E-state index contributed by atoms with van der Waals surface area (Å²) in [4.78, 5) is 4.57. The van der Waals surface area contributed by atoms with Gasteiger partial charge in [0.15, 0.2) is 0 Å². The lowest BCUT2D eigenvalue weighted by atomic mass is 9.98. The summed E-state index contributed by atoms with van der Waals surface area (Å²) in [5, 5.41) is 3.37. The minimum absolute atomic E-state index is 0.197. The van der Waals surface area contributed by atoms with Gasteiger partial charge in [-0.15, -0.1) is 0 Å². The fourth-order valence-electron chi connectivity index (χ4n) is 2.49. The molecule has 1 unspecified atom stereocenters. The number of para-hydroxylation sites is 1. The minimum Gasteiger partial charge on any atom is -0.496 e. The van der Waals surface area contributed by atoms with Crippen LogP contribution in [0.3, 0.4) is 0 Å². The van der Waals surface area contributed by atoms with Gasteiger partial charge < -0.3 is 10.1 Å². The number of nitrogens with zero attached hydrogens (tertiary/aromatic N) is 1. The maximum atomic E-state index is 5.43. The fourth-order valence-corrected chi connectivity index (χ4v) is 2.49. The molecule has 0 spiro atoms. The van der Waals surface area contributed by atoms with Crippen molar-refractivity contribution < 1.29 is 4.74 Å². The van der Waals surface area contributed by atoms with E-state index < -0.39 is 0 Å². The first-order valence-corrected chi connectivity index (χ1v) is 7.03. The molecule has 0 saturated heterocycles. The summed E-state index contributed by atoms with van der Waals surface area (Å²) in [7, 11) is 3.69. The van der Waals surface area contributed by atoms with Crippen LogP contribution in [0.15, 0.2) is 42.6 Å². The number of rotatable bonds is 6. The van der Waals surface area contributed by atoms with Gasteiger partial charge in [0.2, 0.25) is 0 Å². The highest BCUT2D eigenvalue weighted by Crippen LogP contribution is 2.25. The second-order valence-corrected chi connectivity index (χ2v) is 4.76. The van der Waals surface area contributed by atoms with Gasteiger partial charge in [-0.3, -0.25) is 4.98 Å². The molecule has 2 rings (SSSR count). The van der Waals surface area contributed by atoms with E-state index in [-0.39, 0.29) is 6.04 Å². The largest absolute Gasteiger partial charge is 0.496 e. The molecule has 1 atom stereocenters. The van der Waals surface area contributed by atoms with Crippen molar-refractivity contribution in [2.45, 2.75) is 25.8 Å². The van der Waals surface area contributed by atoms with E-state index >= 15 is 0 Å². The number of pyridine rings is 1. The van der Waals surface area contributed by atoms with Gasteiger partial charge in [0.1, 0.15) is 5.75 Å². The molecule has 0 fully saturated rings. The van der Waals surface area contributed by atoms with E-state index in [0.29, 0.717) is 0 Å². The Kier molecular flexibility index (Phi) is 5.13. The van der Waals surface area contributed by atoms with Crippen LogP contribution in [0.25, 0.3) is 0 Å². The fraction of sp³-hybridized carbons (Fsp3) is 0.353. The van der Waals surface area contributed by atoms with Crippen molar-refractivity contribution in [3.63, 3.8) is 0 Å². The van der Waals surface area contributed by atoms with Crippen molar-refractivity contribution >= 4 is 0 Å². The molecule has 1 N–H and O–H groups in total. The number of hydrogen-bond acceptors (Lipinski definition) is 3. The Balaban J connectivity index is 2.29. The predicted molar refractivity (Wildman–Crippen MR) is 82.1 cm³/mol. The van der Waals surface area contributed by atoms with Crippen LogP contribution in [0.5, 0.6) is 5.75 Å². The highest BCUT2D eigenvalue weighted by atomic mass is 16.5. The summed E-state index contributed by atoms with van der Waals surface area (Å²) in [5.41, 5.74) is 3.62. The van der Waals surface area contributed by atoms with Gasteiger partial charge in [-0.1, -0.05) is 31.2 Å². The number of aryl methyl sites for hydroxylation is 1. The van der Waals surface area contributed by atoms with E-state index in [1.807, 2.05) is 37.5 Å². The number of likely N-dealkylation sites (N-methyl/N-ethyl adjacent to an activating group) is 1. The molecule has 0 bridgehead atoms. The number of ether oxygens (including phenoxy) is 1. The SMILES string of the molecule is CCc1cccnc1C(Cc1ccccc1OC)NC. The Morgan fingerprint density at radius 2 is 1.90 bits per heavy atom. The van der Waals surface area contributed by atoms with Gasteiger partial charge in [-0.2, -0.15) is 0 Å². The van der Waals surface area contributed by atoms with E-state index in [1.165, 1.54) is 11.1 Å². The molecule has 20 heavy (non-hydrogen) atoms. The highest BCUT2D eigenvalue weighted by molar-refractivity contribution is 5.35. The molecule has 0 aliphatic heterocycles. The molecule has 1 aromatic carbocycles. The lowest BCUT2D eigenvalue weighted by molar-refractivity contribution is 0.406. The molecule has 3 heteroatoms. The third kappa shape index (κ3) is 3.17. The number of hydrogen-bond donors (Lipinski definition) is 1. The van der Waals surface area contributed by atoms with E-state index in [0.717, 1.165) is 24.3 Å². The third-order valence-electron chi connectivity index (χ3n) is 3.60. The van der Waals surface area contributed by atoms with Crippen molar-refractivity contribution in [3.8, 4) is 5.75 Å². The molecule has 1 aromatic heterocycles. The molecule has 0 saturated carbocycles. The van der Waals surface area contributed by atoms with Crippen LogP contribution in [0.1, 0.15) is 29.8 Å². The van der Waals surface area contributed by atoms with E-state index in [1.54, 1.807) is 7.11 Å². The summed E-state index contributed by atoms with van der Waals surface area (Å²) < 4.78 is 5.43. The highest BCUT2D eigenvalue weighted by Gasteiger charge is 2.16. The van der Waals surface area contributed by atoms with Gasteiger partial charge >= 0.3 is 0 Å². The molecule has 0 aliphatic carbocycles. The van der Waals surface area contributed by atoms with Crippen LogP contribution in [-0.2, 0) is 12.8 Å². The number of methoxy groups -OCH3 is 1. The Hall–Kier alpha value is -1.87. The molecular weight excluding hydrogens is 248 g/mol. The van der Waals surface area contributed by atoms with E-state index in [4.69, 9.17) is 4.74 Å². The zero-order valence-electron chi connectivity index (χ0n) is 12.4. The molecule has 2 aromatic rings. The topological polar surface area (TPSA) is 34.1 Å². The van der Waals surface area contributed by atoms with Crippen LogP contribution in [0.4, 0.5) is 0 Å².